The Balaban J connectivity index is 3.27. The first kappa shape index (κ1) is 23.3. The quantitative estimate of drug-likeness (QED) is 0.614. The molecule has 0 unspecified atom stereocenters. The van der Waals surface area contributed by atoms with Crippen LogP contribution in [0.2, 0.25) is 22.2 Å². The fourth-order valence-electron chi connectivity index (χ4n) is 3.95. The van der Waals surface area contributed by atoms with E-state index in [1.165, 1.54) is 0 Å². The smallest absolute Gasteiger partial charge is 0.335 e. The molecular formula is C17H39BO5Si2. The Labute approximate surface area is 157 Å². The van der Waals surface area contributed by atoms with E-state index in [0.717, 1.165) is 0 Å². The van der Waals surface area contributed by atoms with E-state index < -0.39 is 23.2 Å². The van der Waals surface area contributed by atoms with Gasteiger partial charge in [0.15, 0.2) is 0 Å². The second-order valence-electron chi connectivity index (χ2n) is 8.55. The molecule has 0 bridgehead atoms. The Bertz CT molecular complexity index is 404. The van der Waals surface area contributed by atoms with E-state index >= 15 is 0 Å². The van der Waals surface area contributed by atoms with Crippen molar-refractivity contribution >= 4 is 25.0 Å². The molecule has 0 aliphatic carbocycles. The van der Waals surface area contributed by atoms with Crippen molar-refractivity contribution in [3.63, 3.8) is 0 Å². The highest BCUT2D eigenvalue weighted by Gasteiger charge is 2.57. The predicted octanol–water partition coefficient (Wildman–Crippen LogP) is 2.91. The minimum absolute atomic E-state index is 0.198. The third-order valence-electron chi connectivity index (χ3n) is 5.58. The second kappa shape index (κ2) is 8.99. The maximum atomic E-state index is 10.5. The van der Waals surface area contributed by atoms with Crippen molar-refractivity contribution in [3.05, 3.63) is 0 Å². The highest BCUT2D eigenvalue weighted by Crippen LogP contribution is 2.44. The van der Waals surface area contributed by atoms with Gasteiger partial charge in [0, 0.05) is 7.11 Å². The molecule has 1 saturated heterocycles. The Morgan fingerprint density at radius 3 is 1.64 bits per heavy atom. The van der Waals surface area contributed by atoms with Crippen LogP contribution in [0.4, 0.5) is 0 Å². The van der Waals surface area contributed by atoms with Crippen LogP contribution in [-0.4, -0.2) is 62.0 Å². The van der Waals surface area contributed by atoms with E-state index in [1.807, 2.05) is 7.85 Å². The molecule has 1 heterocycles. The average molecular weight is 390 g/mol. The Kier molecular flexibility index (Phi) is 8.39. The molecule has 0 aromatic carbocycles. The average Bonchev–Trinajstić information content (AvgIpc) is 2.81. The molecule has 5 nitrogen and oxygen atoms in total. The van der Waals surface area contributed by atoms with Gasteiger partial charge in [0.2, 0.25) is 0 Å². The van der Waals surface area contributed by atoms with Gasteiger partial charge in [-0.2, -0.15) is 0 Å². The fourth-order valence-corrected chi connectivity index (χ4v) is 15.1. The summed E-state index contributed by atoms with van der Waals surface area (Å²) in [5, 5.41) is 10.5. The molecule has 0 radical (unpaired) electrons. The van der Waals surface area contributed by atoms with Crippen LogP contribution < -0.4 is 0 Å². The fraction of sp³-hybridized carbons (Fsp3) is 1.00. The first-order valence-corrected chi connectivity index (χ1v) is 13.6. The summed E-state index contributed by atoms with van der Waals surface area (Å²) >= 11 is 0. The van der Waals surface area contributed by atoms with Crippen LogP contribution in [0.25, 0.3) is 0 Å². The van der Waals surface area contributed by atoms with Crippen molar-refractivity contribution in [1.29, 1.82) is 0 Å². The zero-order valence-corrected chi connectivity index (χ0v) is 19.8. The molecule has 0 aromatic heterocycles. The van der Waals surface area contributed by atoms with Crippen molar-refractivity contribution in [2.75, 3.05) is 13.7 Å². The number of aliphatic hydroxyl groups is 1. The van der Waals surface area contributed by atoms with Gasteiger partial charge in [0.05, 0.1) is 24.8 Å². The summed E-state index contributed by atoms with van der Waals surface area (Å²) in [5.74, 6) is 0. The Morgan fingerprint density at radius 2 is 1.36 bits per heavy atom. The second-order valence-corrected chi connectivity index (χ2v) is 17.5. The van der Waals surface area contributed by atoms with Gasteiger partial charge < -0.3 is 22.8 Å². The standard InChI is InChI=1S/C17H39BO5Si2/c1-11(2)24(20-9,12(3)4)23-25(13(5)6,14(7)8)22-15-10-21-17(18)16(15)19/h11-17,19H,10,18H2,1-9H3/t15-,16+,17-/m1/s1. The molecule has 1 rings (SSSR count). The first-order valence-electron chi connectivity index (χ1n) is 9.67. The molecule has 0 saturated carbocycles. The molecule has 0 aromatic rings. The van der Waals surface area contributed by atoms with Gasteiger partial charge in [-0.05, 0) is 22.2 Å². The lowest BCUT2D eigenvalue weighted by molar-refractivity contribution is 0.0379. The molecule has 1 aliphatic heterocycles. The highest BCUT2D eigenvalue weighted by atomic mass is 28.5. The lowest BCUT2D eigenvalue weighted by Gasteiger charge is -2.48. The maximum Gasteiger partial charge on any atom is 0.335 e. The molecular weight excluding hydrogens is 351 g/mol. The monoisotopic (exact) mass is 390 g/mol. The number of rotatable bonds is 9. The molecule has 8 heteroatoms. The Morgan fingerprint density at radius 1 is 0.920 bits per heavy atom. The zero-order valence-electron chi connectivity index (χ0n) is 17.8. The van der Waals surface area contributed by atoms with Crippen LogP contribution in [-0.2, 0) is 17.7 Å². The summed E-state index contributed by atoms with van der Waals surface area (Å²) < 4.78 is 25.4. The van der Waals surface area contributed by atoms with Crippen molar-refractivity contribution in [1.82, 2.24) is 0 Å². The van der Waals surface area contributed by atoms with Gasteiger partial charge in [0.1, 0.15) is 7.85 Å². The normalized spacial score (nSPS) is 25.8. The summed E-state index contributed by atoms with van der Waals surface area (Å²) in [5.41, 5.74) is 1.12. The van der Waals surface area contributed by atoms with Gasteiger partial charge in [-0.3, -0.25) is 0 Å². The lowest BCUT2D eigenvalue weighted by Crippen LogP contribution is -2.62. The number of ether oxygens (including phenoxy) is 1. The zero-order chi connectivity index (χ0) is 19.6. The summed E-state index contributed by atoms with van der Waals surface area (Å²) in [4.78, 5) is 0. The van der Waals surface area contributed by atoms with E-state index in [1.54, 1.807) is 7.11 Å². The van der Waals surface area contributed by atoms with Crippen LogP contribution in [0.1, 0.15) is 55.4 Å². The topological polar surface area (TPSA) is 57.2 Å². The van der Waals surface area contributed by atoms with Gasteiger partial charge in [-0.25, -0.2) is 0 Å². The lowest BCUT2D eigenvalue weighted by atomic mass is 9.94. The number of hydrogen-bond donors (Lipinski definition) is 1. The molecule has 1 N–H and O–H groups in total. The van der Waals surface area contributed by atoms with Crippen molar-refractivity contribution in [3.8, 4) is 0 Å². The third kappa shape index (κ3) is 4.59. The van der Waals surface area contributed by atoms with Crippen LogP contribution >= 0.6 is 0 Å². The van der Waals surface area contributed by atoms with Crippen LogP contribution in [0.15, 0.2) is 0 Å². The first-order chi connectivity index (χ1) is 11.4. The number of aliphatic hydroxyl groups excluding tert-OH is 1. The van der Waals surface area contributed by atoms with Crippen molar-refractivity contribution in [2.24, 2.45) is 0 Å². The van der Waals surface area contributed by atoms with Gasteiger partial charge >= 0.3 is 17.1 Å². The molecule has 0 amide bonds. The molecule has 148 valence electrons. The van der Waals surface area contributed by atoms with E-state index in [0.29, 0.717) is 17.7 Å². The van der Waals surface area contributed by atoms with Gasteiger partial charge in [-0.1, -0.05) is 55.4 Å². The van der Waals surface area contributed by atoms with Crippen molar-refractivity contribution in [2.45, 2.75) is 95.8 Å². The summed E-state index contributed by atoms with van der Waals surface area (Å²) in [6.07, 6.45) is -0.931. The summed E-state index contributed by atoms with van der Waals surface area (Å²) in [6, 6.07) is -0.198. The van der Waals surface area contributed by atoms with E-state index in [4.69, 9.17) is 17.7 Å². The third-order valence-corrected chi connectivity index (χ3v) is 15.9. The molecule has 1 aliphatic rings. The number of hydrogen-bond acceptors (Lipinski definition) is 5. The van der Waals surface area contributed by atoms with E-state index in [2.05, 4.69) is 55.4 Å². The SMILES string of the molecule is B[C@@H]1OC[C@@H](O[Si](O[Si](OC)(C(C)C)C(C)C)(C(C)C)C(C)C)[C@@H]1O. The largest absolute Gasteiger partial charge is 0.414 e. The molecule has 0 spiro atoms. The minimum Gasteiger partial charge on any atom is -0.414 e. The van der Waals surface area contributed by atoms with Crippen LogP contribution in [0.5, 0.6) is 0 Å². The van der Waals surface area contributed by atoms with Crippen LogP contribution in [0, 0.1) is 0 Å². The van der Waals surface area contributed by atoms with E-state index in [9.17, 15) is 5.11 Å². The predicted molar refractivity (Wildman–Crippen MR) is 109 cm³/mol. The molecule has 1 fully saturated rings. The highest BCUT2D eigenvalue weighted by molar-refractivity contribution is 6.83. The maximum absolute atomic E-state index is 10.5. The summed E-state index contributed by atoms with van der Waals surface area (Å²) in [6.45, 7) is 17.9. The Hall–Kier alpha value is 0.299. The molecule has 25 heavy (non-hydrogen) atoms. The van der Waals surface area contributed by atoms with Gasteiger partial charge in [-0.15, -0.1) is 0 Å². The van der Waals surface area contributed by atoms with Crippen molar-refractivity contribution < 1.29 is 22.8 Å². The summed E-state index contributed by atoms with van der Waals surface area (Å²) in [7, 11) is -1.49. The molecule has 3 atom stereocenters. The van der Waals surface area contributed by atoms with Crippen LogP contribution in [0.3, 0.4) is 0 Å². The van der Waals surface area contributed by atoms with Gasteiger partial charge in [0.25, 0.3) is 0 Å². The van der Waals surface area contributed by atoms with E-state index in [-0.39, 0.29) is 23.2 Å². The minimum atomic E-state index is -2.67.